The lowest BCUT2D eigenvalue weighted by Crippen LogP contribution is -2.55. The Morgan fingerprint density at radius 3 is 2.56 bits per heavy atom. The van der Waals surface area contributed by atoms with Crippen LogP contribution >= 0.6 is 11.3 Å². The topological polar surface area (TPSA) is 76.0 Å². The molecule has 136 valence electrons. The van der Waals surface area contributed by atoms with Crippen molar-refractivity contribution in [2.45, 2.75) is 59.7 Å². The van der Waals surface area contributed by atoms with Gasteiger partial charge in [0.1, 0.15) is 5.54 Å². The molecule has 0 aliphatic rings. The van der Waals surface area contributed by atoms with Crippen molar-refractivity contribution in [1.29, 1.82) is 0 Å². The third kappa shape index (κ3) is 4.10. The number of nitrogens with zero attached hydrogens (tertiary/aromatic N) is 2. The molecule has 1 atom stereocenters. The number of thiophene rings is 1. The average Bonchev–Trinajstić information content (AvgIpc) is 3.14. The Labute approximate surface area is 152 Å². The molecule has 0 spiro atoms. The number of hydrogen-bond donors (Lipinski definition) is 2. The van der Waals surface area contributed by atoms with E-state index in [1.165, 1.54) is 11.3 Å². The van der Waals surface area contributed by atoms with Gasteiger partial charge in [-0.25, -0.2) is 0 Å². The Balaban J connectivity index is 2.09. The van der Waals surface area contributed by atoms with E-state index in [4.69, 9.17) is 0 Å². The van der Waals surface area contributed by atoms with Gasteiger partial charge in [-0.2, -0.15) is 5.10 Å². The number of aromatic nitrogens is 2. The fourth-order valence-electron chi connectivity index (χ4n) is 2.90. The van der Waals surface area contributed by atoms with Gasteiger partial charge in [0.25, 0.3) is 5.91 Å². The van der Waals surface area contributed by atoms with Crippen LogP contribution in [0.25, 0.3) is 0 Å². The molecule has 0 fully saturated rings. The first-order valence-corrected chi connectivity index (χ1v) is 9.26. The summed E-state index contributed by atoms with van der Waals surface area (Å²) in [5.74, 6) is -0.470. The summed E-state index contributed by atoms with van der Waals surface area (Å²) in [6, 6.07) is 3.36. The van der Waals surface area contributed by atoms with Gasteiger partial charge < -0.3 is 10.6 Å². The first kappa shape index (κ1) is 19.2. The monoisotopic (exact) mass is 362 g/mol. The van der Waals surface area contributed by atoms with E-state index in [1.54, 1.807) is 19.9 Å². The summed E-state index contributed by atoms with van der Waals surface area (Å²) in [5, 5.41) is 12.1. The van der Waals surface area contributed by atoms with Crippen molar-refractivity contribution in [1.82, 2.24) is 20.4 Å². The number of aryl methyl sites for hydroxylation is 2. The second kappa shape index (κ2) is 7.39. The van der Waals surface area contributed by atoms with Crippen LogP contribution in [0.3, 0.4) is 0 Å². The standard InChI is InChI=1S/C18H26N4O2S/c1-7-22-13(4)15(12(3)21-22)11(2)19-17(24)18(5,6)20-16(23)14-9-8-10-25-14/h8-11H,7H2,1-6H3,(H,19,24)(H,20,23). The van der Waals surface area contributed by atoms with E-state index in [0.717, 1.165) is 23.5 Å². The Morgan fingerprint density at radius 2 is 2.04 bits per heavy atom. The molecule has 0 radical (unpaired) electrons. The zero-order valence-corrected chi connectivity index (χ0v) is 16.5. The summed E-state index contributed by atoms with van der Waals surface area (Å²) in [5.41, 5.74) is 1.97. The van der Waals surface area contributed by atoms with Crippen molar-refractivity contribution >= 4 is 23.2 Å². The summed E-state index contributed by atoms with van der Waals surface area (Å²) in [6.07, 6.45) is 0. The molecular formula is C18H26N4O2S. The molecule has 0 aromatic carbocycles. The van der Waals surface area contributed by atoms with Crippen molar-refractivity contribution in [2.75, 3.05) is 0 Å². The lowest BCUT2D eigenvalue weighted by molar-refractivity contribution is -0.126. The normalized spacial score (nSPS) is 12.7. The summed E-state index contributed by atoms with van der Waals surface area (Å²) in [6.45, 7) is 12.1. The third-order valence-corrected chi connectivity index (χ3v) is 5.12. The van der Waals surface area contributed by atoms with E-state index >= 15 is 0 Å². The smallest absolute Gasteiger partial charge is 0.262 e. The van der Waals surface area contributed by atoms with Gasteiger partial charge in [0.15, 0.2) is 0 Å². The van der Waals surface area contributed by atoms with Crippen LogP contribution in [0.4, 0.5) is 0 Å². The highest BCUT2D eigenvalue weighted by Crippen LogP contribution is 2.22. The maximum absolute atomic E-state index is 12.7. The minimum absolute atomic E-state index is 0.189. The van der Waals surface area contributed by atoms with Crippen LogP contribution in [-0.4, -0.2) is 27.1 Å². The number of hydrogen-bond acceptors (Lipinski definition) is 4. The quantitative estimate of drug-likeness (QED) is 0.829. The van der Waals surface area contributed by atoms with E-state index in [0.29, 0.717) is 4.88 Å². The van der Waals surface area contributed by atoms with Gasteiger partial charge >= 0.3 is 0 Å². The molecule has 2 amide bonds. The summed E-state index contributed by atoms with van der Waals surface area (Å²) >= 11 is 1.35. The molecular weight excluding hydrogens is 336 g/mol. The van der Waals surface area contributed by atoms with Crippen molar-refractivity contribution in [2.24, 2.45) is 0 Å². The fourth-order valence-corrected chi connectivity index (χ4v) is 3.52. The molecule has 2 N–H and O–H groups in total. The van der Waals surface area contributed by atoms with Crippen molar-refractivity contribution < 1.29 is 9.59 Å². The predicted molar refractivity (Wildman–Crippen MR) is 99.8 cm³/mol. The Hall–Kier alpha value is -2.15. The number of amides is 2. The molecule has 0 saturated heterocycles. The molecule has 0 saturated carbocycles. The second-order valence-electron chi connectivity index (χ2n) is 6.65. The number of rotatable bonds is 6. The van der Waals surface area contributed by atoms with Crippen molar-refractivity contribution in [3.63, 3.8) is 0 Å². The molecule has 0 aliphatic carbocycles. The molecule has 2 heterocycles. The lowest BCUT2D eigenvalue weighted by Gasteiger charge is -2.27. The largest absolute Gasteiger partial charge is 0.347 e. The highest BCUT2D eigenvalue weighted by Gasteiger charge is 2.32. The van der Waals surface area contributed by atoms with Crippen LogP contribution in [0.5, 0.6) is 0 Å². The molecule has 2 aromatic heterocycles. The Morgan fingerprint density at radius 1 is 1.36 bits per heavy atom. The molecule has 0 aliphatic heterocycles. The van der Waals surface area contributed by atoms with Crippen molar-refractivity contribution in [3.8, 4) is 0 Å². The highest BCUT2D eigenvalue weighted by molar-refractivity contribution is 7.12. The van der Waals surface area contributed by atoms with Crippen LogP contribution in [0, 0.1) is 13.8 Å². The predicted octanol–water partition coefficient (Wildman–Crippen LogP) is 2.97. The second-order valence-corrected chi connectivity index (χ2v) is 7.60. The van der Waals surface area contributed by atoms with Crippen LogP contribution < -0.4 is 10.6 Å². The number of carbonyl (C=O) groups excluding carboxylic acids is 2. The molecule has 2 rings (SSSR count). The maximum Gasteiger partial charge on any atom is 0.262 e. The lowest BCUT2D eigenvalue weighted by atomic mass is 10.0. The molecule has 6 nitrogen and oxygen atoms in total. The molecule has 7 heteroatoms. The van der Waals surface area contributed by atoms with Gasteiger partial charge in [0.05, 0.1) is 16.6 Å². The number of carbonyl (C=O) groups is 2. The molecule has 0 bridgehead atoms. The minimum Gasteiger partial charge on any atom is -0.347 e. The first-order valence-electron chi connectivity index (χ1n) is 8.38. The molecule has 1 unspecified atom stereocenters. The van der Waals surface area contributed by atoms with E-state index in [1.807, 2.05) is 43.8 Å². The van der Waals surface area contributed by atoms with Gasteiger partial charge in [0.2, 0.25) is 5.91 Å². The Bertz CT molecular complexity index is 762. The average molecular weight is 362 g/mol. The first-order chi connectivity index (χ1) is 11.7. The van der Waals surface area contributed by atoms with Gasteiger partial charge in [-0.15, -0.1) is 11.3 Å². The summed E-state index contributed by atoms with van der Waals surface area (Å²) in [4.78, 5) is 25.5. The third-order valence-electron chi connectivity index (χ3n) is 4.26. The van der Waals surface area contributed by atoms with Gasteiger partial charge in [-0.05, 0) is 53.0 Å². The highest BCUT2D eigenvalue weighted by atomic mass is 32.1. The van der Waals surface area contributed by atoms with E-state index in [9.17, 15) is 9.59 Å². The van der Waals surface area contributed by atoms with Crippen LogP contribution in [0.2, 0.25) is 0 Å². The molecule has 2 aromatic rings. The SMILES string of the molecule is CCn1nc(C)c(C(C)NC(=O)C(C)(C)NC(=O)c2cccs2)c1C. The van der Waals surface area contributed by atoms with E-state index in [-0.39, 0.29) is 17.9 Å². The van der Waals surface area contributed by atoms with Crippen LogP contribution in [-0.2, 0) is 11.3 Å². The molecule has 25 heavy (non-hydrogen) atoms. The van der Waals surface area contributed by atoms with E-state index in [2.05, 4.69) is 15.7 Å². The van der Waals surface area contributed by atoms with Crippen LogP contribution in [0.15, 0.2) is 17.5 Å². The summed E-state index contributed by atoms with van der Waals surface area (Å²) in [7, 11) is 0. The minimum atomic E-state index is -1.02. The van der Waals surface area contributed by atoms with Gasteiger partial charge in [-0.1, -0.05) is 6.07 Å². The van der Waals surface area contributed by atoms with Crippen LogP contribution in [0.1, 0.15) is 60.4 Å². The van der Waals surface area contributed by atoms with Gasteiger partial charge in [0, 0.05) is 17.8 Å². The number of nitrogens with one attached hydrogen (secondary N) is 2. The maximum atomic E-state index is 12.7. The van der Waals surface area contributed by atoms with Gasteiger partial charge in [-0.3, -0.25) is 14.3 Å². The Kier molecular flexibility index (Phi) is 5.67. The zero-order valence-electron chi connectivity index (χ0n) is 15.6. The van der Waals surface area contributed by atoms with Crippen molar-refractivity contribution in [3.05, 3.63) is 39.3 Å². The summed E-state index contributed by atoms with van der Waals surface area (Å²) < 4.78 is 1.93. The van der Waals surface area contributed by atoms with E-state index < -0.39 is 5.54 Å². The zero-order chi connectivity index (χ0) is 18.8. The fraction of sp³-hybridized carbons (Fsp3) is 0.500.